The molecular weight excluding hydrogens is 310 g/mol. The molecule has 3 aromatic heterocycles. The average Bonchev–Trinajstić information content (AvgIpc) is 2.94. The molecule has 4 aromatic rings. The summed E-state index contributed by atoms with van der Waals surface area (Å²) >= 11 is 0. The molecule has 7 nitrogen and oxygen atoms in total. The molecule has 0 atom stereocenters. The molecule has 0 aliphatic rings. The minimum Gasteiger partial charge on any atom is -0.430 e. The monoisotopic (exact) mass is 321 g/mol. The van der Waals surface area contributed by atoms with Crippen molar-refractivity contribution >= 4 is 28.2 Å². The van der Waals surface area contributed by atoms with Crippen LogP contribution in [-0.4, -0.2) is 20.9 Å². The highest BCUT2D eigenvalue weighted by atomic mass is 16.5. The van der Waals surface area contributed by atoms with Crippen LogP contribution in [0.25, 0.3) is 33.6 Å². The first kappa shape index (κ1) is 14.1. The number of esters is 1. The smallest absolute Gasteiger partial charge is 0.308 e. The number of carbonyl (C=O) groups is 1. The van der Waals surface area contributed by atoms with Crippen LogP contribution < -0.4 is 10.3 Å². The SMILES string of the molecule is CC(=O)Oc1ccccc1-c1nc2c(oc3ncccc32)c(=O)[nH]1. The quantitative estimate of drug-likeness (QED) is 0.450. The third-order valence-corrected chi connectivity index (χ3v) is 3.50. The zero-order valence-electron chi connectivity index (χ0n) is 12.6. The fraction of sp³-hybridized carbons (Fsp3) is 0.0588. The highest BCUT2D eigenvalue weighted by molar-refractivity contribution is 6.00. The summed E-state index contributed by atoms with van der Waals surface area (Å²) in [6.45, 7) is 1.31. The Morgan fingerprint density at radius 2 is 2.04 bits per heavy atom. The molecule has 0 aliphatic carbocycles. The van der Waals surface area contributed by atoms with Crippen LogP contribution in [-0.2, 0) is 4.79 Å². The van der Waals surface area contributed by atoms with Gasteiger partial charge in [-0.05, 0) is 24.3 Å². The summed E-state index contributed by atoms with van der Waals surface area (Å²) in [4.78, 5) is 34.9. The standard InChI is InChI=1S/C17H11N3O4/c1-9(21)23-12-7-3-2-5-10(12)15-19-13-11-6-4-8-18-17(11)24-14(13)16(22)20-15/h2-8H,1H3,(H,19,20,22). The van der Waals surface area contributed by atoms with Gasteiger partial charge in [-0.15, -0.1) is 0 Å². The average molecular weight is 321 g/mol. The third-order valence-electron chi connectivity index (χ3n) is 3.50. The Morgan fingerprint density at radius 1 is 1.21 bits per heavy atom. The van der Waals surface area contributed by atoms with Crippen molar-refractivity contribution < 1.29 is 13.9 Å². The van der Waals surface area contributed by atoms with E-state index in [2.05, 4.69) is 15.0 Å². The second-order valence-electron chi connectivity index (χ2n) is 5.14. The van der Waals surface area contributed by atoms with Gasteiger partial charge in [0.2, 0.25) is 11.3 Å². The topological polar surface area (TPSA) is 98.1 Å². The van der Waals surface area contributed by atoms with Crippen molar-refractivity contribution in [3.05, 3.63) is 52.9 Å². The molecule has 1 N–H and O–H groups in total. The van der Waals surface area contributed by atoms with Gasteiger partial charge >= 0.3 is 5.97 Å². The first-order chi connectivity index (χ1) is 11.6. The van der Waals surface area contributed by atoms with Crippen LogP contribution in [0.5, 0.6) is 5.75 Å². The van der Waals surface area contributed by atoms with Crippen molar-refractivity contribution in [3.63, 3.8) is 0 Å². The summed E-state index contributed by atoms with van der Waals surface area (Å²) in [5.41, 5.74) is 0.943. The highest BCUT2D eigenvalue weighted by Gasteiger charge is 2.16. The van der Waals surface area contributed by atoms with Gasteiger partial charge in [0.25, 0.3) is 5.56 Å². The van der Waals surface area contributed by atoms with Crippen LogP contribution in [0, 0.1) is 0 Å². The lowest BCUT2D eigenvalue weighted by atomic mass is 10.2. The van der Waals surface area contributed by atoms with Gasteiger partial charge in [0.15, 0.2) is 0 Å². The number of hydrogen-bond acceptors (Lipinski definition) is 6. The van der Waals surface area contributed by atoms with Gasteiger partial charge in [-0.3, -0.25) is 9.59 Å². The molecule has 0 saturated heterocycles. The summed E-state index contributed by atoms with van der Waals surface area (Å²) in [5, 5.41) is 0.643. The molecule has 3 heterocycles. The van der Waals surface area contributed by atoms with Crippen LogP contribution >= 0.6 is 0 Å². The maximum absolute atomic E-state index is 12.4. The number of aromatic amines is 1. The Labute approximate surface area is 134 Å². The molecule has 0 bridgehead atoms. The number of fused-ring (bicyclic) bond motifs is 3. The van der Waals surface area contributed by atoms with Gasteiger partial charge in [0.1, 0.15) is 17.1 Å². The fourth-order valence-electron chi connectivity index (χ4n) is 2.52. The molecule has 0 radical (unpaired) electrons. The first-order valence-corrected chi connectivity index (χ1v) is 7.19. The summed E-state index contributed by atoms with van der Waals surface area (Å²) in [7, 11) is 0. The van der Waals surface area contributed by atoms with E-state index in [1.165, 1.54) is 6.92 Å². The number of ether oxygens (including phenoxy) is 1. The molecule has 0 unspecified atom stereocenters. The van der Waals surface area contributed by atoms with Gasteiger partial charge in [-0.25, -0.2) is 9.97 Å². The van der Waals surface area contributed by atoms with Gasteiger partial charge in [0, 0.05) is 13.1 Å². The minimum absolute atomic E-state index is 0.109. The summed E-state index contributed by atoms with van der Waals surface area (Å²) in [6.07, 6.45) is 1.58. The van der Waals surface area contributed by atoms with E-state index in [-0.39, 0.29) is 11.4 Å². The molecule has 0 aliphatic heterocycles. The van der Waals surface area contributed by atoms with Gasteiger partial charge in [-0.1, -0.05) is 12.1 Å². The molecule has 7 heteroatoms. The second-order valence-corrected chi connectivity index (χ2v) is 5.14. The Balaban J connectivity index is 2.00. The van der Waals surface area contributed by atoms with E-state index in [4.69, 9.17) is 9.15 Å². The molecule has 4 rings (SSSR count). The number of pyridine rings is 1. The van der Waals surface area contributed by atoms with Crippen molar-refractivity contribution in [2.75, 3.05) is 0 Å². The van der Waals surface area contributed by atoms with Crippen molar-refractivity contribution in [1.29, 1.82) is 0 Å². The van der Waals surface area contributed by atoms with Gasteiger partial charge in [-0.2, -0.15) is 0 Å². The Morgan fingerprint density at radius 3 is 2.88 bits per heavy atom. The molecule has 0 saturated carbocycles. The number of rotatable bonds is 2. The molecule has 118 valence electrons. The molecule has 0 fully saturated rings. The predicted octanol–water partition coefficient (Wildman–Crippen LogP) is 2.66. The zero-order valence-corrected chi connectivity index (χ0v) is 12.6. The fourth-order valence-corrected chi connectivity index (χ4v) is 2.52. The number of furan rings is 1. The highest BCUT2D eigenvalue weighted by Crippen LogP contribution is 2.29. The summed E-state index contributed by atoms with van der Waals surface area (Å²) < 4.78 is 10.7. The number of hydrogen-bond donors (Lipinski definition) is 1. The van der Waals surface area contributed by atoms with E-state index < -0.39 is 11.5 Å². The summed E-state index contributed by atoms with van der Waals surface area (Å²) in [5.74, 6) is 0.151. The third kappa shape index (κ3) is 2.23. The van der Waals surface area contributed by atoms with Crippen molar-refractivity contribution in [1.82, 2.24) is 15.0 Å². The van der Waals surface area contributed by atoms with Crippen LogP contribution in [0.2, 0.25) is 0 Å². The molecule has 24 heavy (non-hydrogen) atoms. The summed E-state index contributed by atoms with van der Waals surface area (Å²) in [6, 6.07) is 10.4. The van der Waals surface area contributed by atoms with Gasteiger partial charge in [0.05, 0.1) is 10.9 Å². The maximum atomic E-state index is 12.4. The van der Waals surface area contributed by atoms with E-state index in [9.17, 15) is 9.59 Å². The second kappa shape index (κ2) is 5.31. The van der Waals surface area contributed by atoms with E-state index >= 15 is 0 Å². The number of carbonyl (C=O) groups excluding carboxylic acids is 1. The van der Waals surface area contributed by atoms with Crippen molar-refractivity contribution in [2.24, 2.45) is 0 Å². The number of aromatic nitrogens is 3. The van der Waals surface area contributed by atoms with Crippen molar-refractivity contribution in [3.8, 4) is 17.1 Å². The predicted molar refractivity (Wildman–Crippen MR) is 86.7 cm³/mol. The number of nitrogens with one attached hydrogen (secondary N) is 1. The van der Waals surface area contributed by atoms with Crippen LogP contribution in [0.15, 0.2) is 51.8 Å². The van der Waals surface area contributed by atoms with Crippen LogP contribution in [0.3, 0.4) is 0 Å². The molecule has 0 amide bonds. The lowest BCUT2D eigenvalue weighted by molar-refractivity contribution is -0.131. The van der Waals surface area contributed by atoms with E-state index in [0.717, 1.165) is 0 Å². The first-order valence-electron chi connectivity index (χ1n) is 7.19. The number of para-hydroxylation sites is 1. The van der Waals surface area contributed by atoms with E-state index in [1.54, 1.807) is 42.6 Å². The van der Waals surface area contributed by atoms with Crippen LogP contribution in [0.4, 0.5) is 0 Å². The van der Waals surface area contributed by atoms with E-state index in [1.807, 2.05) is 0 Å². The maximum Gasteiger partial charge on any atom is 0.308 e. The van der Waals surface area contributed by atoms with Gasteiger partial charge < -0.3 is 14.1 Å². The minimum atomic E-state index is -0.455. The Bertz CT molecular complexity index is 1140. The number of H-pyrrole nitrogens is 1. The normalized spacial score (nSPS) is 11.0. The Hall–Kier alpha value is -3.48. The number of benzene rings is 1. The lowest BCUT2D eigenvalue weighted by Crippen LogP contribution is -2.09. The molecule has 0 spiro atoms. The Kier molecular flexibility index (Phi) is 3.13. The van der Waals surface area contributed by atoms with E-state index in [0.29, 0.717) is 27.9 Å². The lowest BCUT2D eigenvalue weighted by Gasteiger charge is -2.07. The molecular formula is C17H11N3O4. The zero-order chi connectivity index (χ0) is 16.7. The van der Waals surface area contributed by atoms with Crippen LogP contribution in [0.1, 0.15) is 6.92 Å². The number of nitrogens with zero attached hydrogens (tertiary/aromatic N) is 2. The molecule has 1 aromatic carbocycles. The van der Waals surface area contributed by atoms with Crippen molar-refractivity contribution in [2.45, 2.75) is 6.92 Å². The largest absolute Gasteiger partial charge is 0.430 e.